The van der Waals surface area contributed by atoms with E-state index >= 15 is 0 Å². The van der Waals surface area contributed by atoms with Crippen LogP contribution in [0.2, 0.25) is 0 Å². The highest BCUT2D eigenvalue weighted by molar-refractivity contribution is 5.90. The van der Waals surface area contributed by atoms with Gasteiger partial charge in [-0.05, 0) is 57.9 Å². The Kier molecular flexibility index (Phi) is 7.23. The van der Waals surface area contributed by atoms with Gasteiger partial charge in [-0.1, -0.05) is 17.2 Å². The van der Waals surface area contributed by atoms with Gasteiger partial charge >= 0.3 is 5.97 Å². The average Bonchev–Trinajstić information content (AvgIpc) is 2.47. The molecule has 0 radical (unpaired) electrons. The number of hydrogen-bond acceptors (Lipinski definition) is 4. The molecule has 0 aliphatic rings. The first-order chi connectivity index (χ1) is 10.4. The summed E-state index contributed by atoms with van der Waals surface area (Å²) < 4.78 is 10.2. The van der Waals surface area contributed by atoms with Gasteiger partial charge < -0.3 is 14.6 Å². The maximum absolute atomic E-state index is 11.9. The van der Waals surface area contributed by atoms with E-state index < -0.39 is 5.97 Å². The molecule has 0 heterocycles. The van der Waals surface area contributed by atoms with Crippen molar-refractivity contribution in [3.8, 4) is 11.5 Å². The second kappa shape index (κ2) is 8.93. The van der Waals surface area contributed by atoms with Crippen molar-refractivity contribution in [3.05, 3.63) is 47.1 Å². The smallest absolute Gasteiger partial charge is 0.338 e. The Bertz CT molecular complexity index is 566. The fourth-order valence-electron chi connectivity index (χ4n) is 1.84. The number of benzene rings is 1. The van der Waals surface area contributed by atoms with Crippen molar-refractivity contribution in [2.45, 2.75) is 33.6 Å². The van der Waals surface area contributed by atoms with E-state index in [1.165, 1.54) is 36.5 Å². The third-order valence-corrected chi connectivity index (χ3v) is 3.15. The number of phenols is 1. The summed E-state index contributed by atoms with van der Waals surface area (Å²) in [5, 5.41) is 9.50. The van der Waals surface area contributed by atoms with Crippen molar-refractivity contribution < 1.29 is 19.4 Å². The van der Waals surface area contributed by atoms with Crippen molar-refractivity contribution in [1.29, 1.82) is 0 Å². The fourth-order valence-corrected chi connectivity index (χ4v) is 1.84. The SMILES string of the molecule is COc1cc(C(=O)OCC=C(C)CCC=C(C)C)ccc1O. The minimum atomic E-state index is -0.438. The molecule has 4 heteroatoms. The number of phenolic OH excluding ortho intramolecular Hbond substituents is 1. The number of carbonyl (C=O) groups excluding carboxylic acids is 1. The second-order valence-corrected chi connectivity index (χ2v) is 5.36. The van der Waals surface area contributed by atoms with Crippen LogP contribution in [-0.4, -0.2) is 24.8 Å². The van der Waals surface area contributed by atoms with Gasteiger partial charge in [0.05, 0.1) is 12.7 Å². The molecular formula is C18H24O4. The zero-order valence-electron chi connectivity index (χ0n) is 13.7. The topological polar surface area (TPSA) is 55.8 Å². The minimum absolute atomic E-state index is 0.00550. The van der Waals surface area contributed by atoms with Gasteiger partial charge in [0.25, 0.3) is 0 Å². The number of hydrogen-bond donors (Lipinski definition) is 1. The molecule has 0 bridgehead atoms. The van der Waals surface area contributed by atoms with E-state index in [4.69, 9.17) is 9.47 Å². The summed E-state index contributed by atoms with van der Waals surface area (Å²) in [5.41, 5.74) is 2.85. The average molecular weight is 304 g/mol. The first-order valence-electron chi connectivity index (χ1n) is 7.27. The van der Waals surface area contributed by atoms with Crippen LogP contribution in [0, 0.1) is 0 Å². The molecule has 0 unspecified atom stereocenters. The van der Waals surface area contributed by atoms with E-state index in [0.717, 1.165) is 12.8 Å². The van der Waals surface area contributed by atoms with Crippen molar-refractivity contribution in [2.75, 3.05) is 13.7 Å². The third kappa shape index (κ3) is 6.04. The number of rotatable bonds is 7. The summed E-state index contributed by atoms with van der Waals surface area (Å²) in [6.07, 6.45) is 6.05. The van der Waals surface area contributed by atoms with Gasteiger partial charge in [0.1, 0.15) is 6.61 Å². The van der Waals surface area contributed by atoms with Crippen LogP contribution in [0.25, 0.3) is 0 Å². The lowest BCUT2D eigenvalue weighted by atomic mass is 10.1. The summed E-state index contributed by atoms with van der Waals surface area (Å²) in [4.78, 5) is 11.9. The molecule has 1 aromatic rings. The minimum Gasteiger partial charge on any atom is -0.504 e. The second-order valence-electron chi connectivity index (χ2n) is 5.36. The van der Waals surface area contributed by atoms with Gasteiger partial charge in [-0.3, -0.25) is 0 Å². The summed E-state index contributed by atoms with van der Waals surface area (Å²) >= 11 is 0. The normalized spacial score (nSPS) is 11.0. The van der Waals surface area contributed by atoms with E-state index in [1.54, 1.807) is 0 Å². The van der Waals surface area contributed by atoms with E-state index in [0.29, 0.717) is 5.56 Å². The number of methoxy groups -OCH3 is 1. The Morgan fingerprint density at radius 3 is 2.59 bits per heavy atom. The number of esters is 1. The maximum Gasteiger partial charge on any atom is 0.338 e. The molecule has 0 saturated carbocycles. The van der Waals surface area contributed by atoms with Crippen LogP contribution in [0.4, 0.5) is 0 Å². The Hall–Kier alpha value is -2.23. The fraction of sp³-hybridized carbons (Fsp3) is 0.389. The highest BCUT2D eigenvalue weighted by Crippen LogP contribution is 2.26. The molecule has 1 rings (SSSR count). The number of aromatic hydroxyl groups is 1. The summed E-state index contributed by atoms with van der Waals surface area (Å²) in [6, 6.07) is 4.38. The highest BCUT2D eigenvalue weighted by atomic mass is 16.5. The number of ether oxygens (including phenoxy) is 2. The van der Waals surface area contributed by atoms with Gasteiger partial charge in [-0.2, -0.15) is 0 Å². The Morgan fingerprint density at radius 1 is 1.23 bits per heavy atom. The van der Waals surface area contributed by atoms with Gasteiger partial charge in [0.2, 0.25) is 0 Å². The molecule has 0 spiro atoms. The van der Waals surface area contributed by atoms with Crippen molar-refractivity contribution >= 4 is 5.97 Å². The first kappa shape index (κ1) is 17.8. The van der Waals surface area contributed by atoms with Gasteiger partial charge in [-0.25, -0.2) is 4.79 Å². The van der Waals surface area contributed by atoms with E-state index in [-0.39, 0.29) is 18.1 Å². The van der Waals surface area contributed by atoms with Crippen LogP contribution >= 0.6 is 0 Å². The van der Waals surface area contributed by atoms with E-state index in [1.807, 2.05) is 13.0 Å². The van der Waals surface area contributed by atoms with Gasteiger partial charge in [0.15, 0.2) is 11.5 Å². The van der Waals surface area contributed by atoms with Crippen LogP contribution in [0.3, 0.4) is 0 Å². The number of carbonyl (C=O) groups is 1. The molecule has 0 aromatic heterocycles. The van der Waals surface area contributed by atoms with Crippen molar-refractivity contribution in [3.63, 3.8) is 0 Å². The zero-order chi connectivity index (χ0) is 16.5. The zero-order valence-corrected chi connectivity index (χ0v) is 13.7. The molecule has 1 N–H and O–H groups in total. The third-order valence-electron chi connectivity index (χ3n) is 3.15. The van der Waals surface area contributed by atoms with Crippen LogP contribution < -0.4 is 4.74 Å². The van der Waals surface area contributed by atoms with Crippen molar-refractivity contribution in [1.82, 2.24) is 0 Å². The molecular weight excluding hydrogens is 280 g/mol. The first-order valence-corrected chi connectivity index (χ1v) is 7.27. The molecule has 0 fully saturated rings. The molecule has 4 nitrogen and oxygen atoms in total. The molecule has 1 aromatic carbocycles. The highest BCUT2D eigenvalue weighted by Gasteiger charge is 2.10. The van der Waals surface area contributed by atoms with Crippen LogP contribution in [0.1, 0.15) is 44.0 Å². The summed E-state index contributed by atoms with van der Waals surface area (Å²) in [7, 11) is 1.43. The molecule has 120 valence electrons. The molecule has 0 saturated heterocycles. The standard InChI is InChI=1S/C18H24O4/c1-13(2)6-5-7-14(3)10-11-22-18(20)15-8-9-16(19)17(12-15)21-4/h6,8-10,12,19H,5,7,11H2,1-4H3. The molecule has 0 aliphatic carbocycles. The quantitative estimate of drug-likeness (QED) is 0.604. The van der Waals surface area contributed by atoms with Gasteiger partial charge in [-0.15, -0.1) is 0 Å². The lowest BCUT2D eigenvalue weighted by molar-refractivity contribution is 0.0548. The predicted molar refractivity (Wildman–Crippen MR) is 87.4 cm³/mol. The summed E-state index contributed by atoms with van der Waals surface area (Å²) in [5.74, 6) is -0.191. The Balaban J connectivity index is 2.50. The number of allylic oxidation sites excluding steroid dienone is 3. The van der Waals surface area contributed by atoms with Crippen LogP contribution in [0.15, 0.2) is 41.5 Å². The largest absolute Gasteiger partial charge is 0.504 e. The molecule has 0 aliphatic heterocycles. The monoisotopic (exact) mass is 304 g/mol. The molecule has 0 amide bonds. The maximum atomic E-state index is 11.9. The van der Waals surface area contributed by atoms with Crippen LogP contribution in [-0.2, 0) is 4.74 Å². The van der Waals surface area contributed by atoms with Gasteiger partial charge in [0, 0.05) is 0 Å². The van der Waals surface area contributed by atoms with Crippen molar-refractivity contribution in [2.24, 2.45) is 0 Å². The molecule has 0 atom stereocenters. The Morgan fingerprint density at radius 2 is 1.95 bits per heavy atom. The van der Waals surface area contributed by atoms with E-state index in [9.17, 15) is 9.90 Å². The lowest BCUT2D eigenvalue weighted by Crippen LogP contribution is -2.05. The summed E-state index contributed by atoms with van der Waals surface area (Å²) in [6.45, 7) is 6.42. The Labute approximate surface area is 132 Å². The van der Waals surface area contributed by atoms with Crippen LogP contribution in [0.5, 0.6) is 11.5 Å². The lowest BCUT2D eigenvalue weighted by Gasteiger charge is -2.06. The predicted octanol–water partition coefficient (Wildman–Crippen LogP) is 4.25. The molecule has 22 heavy (non-hydrogen) atoms. The van der Waals surface area contributed by atoms with E-state index in [2.05, 4.69) is 19.9 Å².